The zero-order valence-corrected chi connectivity index (χ0v) is 8.16. The molecule has 1 rings (SSSR count). The van der Waals surface area contributed by atoms with Crippen LogP contribution in [0.25, 0.3) is 0 Å². The average Bonchev–Trinajstić information content (AvgIpc) is 2.64. The predicted octanol–water partition coefficient (Wildman–Crippen LogP) is 0.405. The van der Waals surface area contributed by atoms with Gasteiger partial charge >= 0.3 is 5.97 Å². The lowest BCUT2D eigenvalue weighted by Crippen LogP contribution is -2.38. The van der Waals surface area contributed by atoms with Crippen LogP contribution in [0.2, 0.25) is 0 Å². The van der Waals surface area contributed by atoms with Gasteiger partial charge in [-0.05, 0) is 13.0 Å². The summed E-state index contributed by atoms with van der Waals surface area (Å²) in [6, 6.07) is -0.543. The summed E-state index contributed by atoms with van der Waals surface area (Å²) in [5, 5.41) is 11.9. The van der Waals surface area contributed by atoms with E-state index in [-0.39, 0.29) is 0 Å². The molecule has 1 aromatic rings. The van der Waals surface area contributed by atoms with Gasteiger partial charge in [0, 0.05) is 12.6 Å². The number of imidazole rings is 1. The van der Waals surface area contributed by atoms with Gasteiger partial charge in [-0.1, -0.05) is 6.92 Å². The number of carboxylic acids is 1. The van der Waals surface area contributed by atoms with E-state index in [0.29, 0.717) is 13.0 Å². The van der Waals surface area contributed by atoms with Crippen molar-refractivity contribution in [1.82, 2.24) is 15.3 Å². The first-order chi connectivity index (χ1) is 6.74. The fourth-order valence-electron chi connectivity index (χ4n) is 1.18. The maximum absolute atomic E-state index is 10.8. The lowest BCUT2D eigenvalue weighted by atomic mass is 10.1. The first-order valence-electron chi connectivity index (χ1n) is 4.68. The Hall–Kier alpha value is -1.36. The van der Waals surface area contributed by atoms with Crippen LogP contribution >= 0.6 is 0 Å². The van der Waals surface area contributed by atoms with Crippen LogP contribution in [0.4, 0.5) is 0 Å². The van der Waals surface area contributed by atoms with E-state index in [1.807, 2.05) is 6.92 Å². The van der Waals surface area contributed by atoms with Gasteiger partial charge in [-0.15, -0.1) is 0 Å². The Labute approximate surface area is 82.6 Å². The van der Waals surface area contributed by atoms with Crippen molar-refractivity contribution in [3.05, 3.63) is 18.2 Å². The standard InChI is InChI=1S/C9H15N3O2/c1-2-3-11-8(9(13)14)4-7-5-10-6-12-7/h5-6,8,11H,2-4H2,1H3,(H,10,12)(H,13,14)/t8-/m0/s1. The molecular formula is C9H15N3O2. The van der Waals surface area contributed by atoms with Gasteiger partial charge in [0.15, 0.2) is 0 Å². The number of H-pyrrole nitrogens is 1. The summed E-state index contributed by atoms with van der Waals surface area (Å²) >= 11 is 0. The summed E-state index contributed by atoms with van der Waals surface area (Å²) in [5.41, 5.74) is 0.765. The fourth-order valence-corrected chi connectivity index (χ4v) is 1.18. The molecule has 0 unspecified atom stereocenters. The zero-order chi connectivity index (χ0) is 10.4. The highest BCUT2D eigenvalue weighted by molar-refractivity contribution is 5.73. The molecule has 0 spiro atoms. The van der Waals surface area contributed by atoms with Crippen molar-refractivity contribution in [2.24, 2.45) is 0 Å². The molecule has 3 N–H and O–H groups in total. The average molecular weight is 197 g/mol. The van der Waals surface area contributed by atoms with Gasteiger partial charge in [0.2, 0.25) is 0 Å². The predicted molar refractivity (Wildman–Crippen MR) is 52.0 cm³/mol. The van der Waals surface area contributed by atoms with E-state index >= 15 is 0 Å². The Balaban J connectivity index is 2.47. The number of aromatic amines is 1. The van der Waals surface area contributed by atoms with Gasteiger partial charge < -0.3 is 15.4 Å². The summed E-state index contributed by atoms with van der Waals surface area (Å²) < 4.78 is 0. The van der Waals surface area contributed by atoms with Crippen molar-refractivity contribution in [3.63, 3.8) is 0 Å². The van der Waals surface area contributed by atoms with Crippen LogP contribution < -0.4 is 5.32 Å². The molecule has 5 nitrogen and oxygen atoms in total. The van der Waals surface area contributed by atoms with Crippen LogP contribution in [0, 0.1) is 0 Å². The lowest BCUT2D eigenvalue weighted by molar-refractivity contribution is -0.139. The quantitative estimate of drug-likeness (QED) is 0.617. The highest BCUT2D eigenvalue weighted by Crippen LogP contribution is 1.98. The van der Waals surface area contributed by atoms with E-state index in [0.717, 1.165) is 12.1 Å². The van der Waals surface area contributed by atoms with Crippen LogP contribution in [-0.2, 0) is 11.2 Å². The third kappa shape index (κ3) is 3.18. The SMILES string of the molecule is CCCN[C@@H](Cc1c[nH]cn1)C(=O)O. The number of hydrogen-bond acceptors (Lipinski definition) is 3. The molecule has 78 valence electrons. The number of aliphatic carboxylic acids is 1. The van der Waals surface area contributed by atoms with Crippen LogP contribution in [0.1, 0.15) is 19.0 Å². The van der Waals surface area contributed by atoms with E-state index in [1.165, 1.54) is 0 Å². The Bertz CT molecular complexity index is 272. The van der Waals surface area contributed by atoms with Crippen LogP contribution in [0.5, 0.6) is 0 Å². The Morgan fingerprint density at radius 1 is 1.79 bits per heavy atom. The Morgan fingerprint density at radius 2 is 2.57 bits per heavy atom. The molecule has 1 atom stereocenters. The third-order valence-electron chi connectivity index (χ3n) is 1.91. The molecule has 0 amide bonds. The van der Waals surface area contributed by atoms with Gasteiger partial charge in [-0.25, -0.2) is 4.98 Å². The number of aromatic nitrogens is 2. The number of rotatable bonds is 6. The minimum atomic E-state index is -0.832. The molecule has 0 aliphatic carbocycles. The van der Waals surface area contributed by atoms with E-state index < -0.39 is 12.0 Å². The molecule has 0 aliphatic rings. The maximum Gasteiger partial charge on any atom is 0.321 e. The minimum Gasteiger partial charge on any atom is -0.480 e. The number of nitrogens with one attached hydrogen (secondary N) is 2. The van der Waals surface area contributed by atoms with Crippen LogP contribution in [-0.4, -0.2) is 33.6 Å². The van der Waals surface area contributed by atoms with Crippen LogP contribution in [0.3, 0.4) is 0 Å². The topological polar surface area (TPSA) is 78.0 Å². The lowest BCUT2D eigenvalue weighted by Gasteiger charge is -2.11. The molecule has 0 bridgehead atoms. The van der Waals surface area contributed by atoms with Crippen molar-refractivity contribution in [2.45, 2.75) is 25.8 Å². The van der Waals surface area contributed by atoms with Gasteiger partial charge in [0.1, 0.15) is 6.04 Å². The summed E-state index contributed by atoms with van der Waals surface area (Å²) in [6.45, 7) is 2.71. The van der Waals surface area contributed by atoms with Crippen molar-refractivity contribution < 1.29 is 9.90 Å². The van der Waals surface area contributed by atoms with E-state index in [1.54, 1.807) is 12.5 Å². The second-order valence-electron chi connectivity index (χ2n) is 3.11. The maximum atomic E-state index is 10.8. The van der Waals surface area contributed by atoms with E-state index in [2.05, 4.69) is 15.3 Å². The van der Waals surface area contributed by atoms with Crippen molar-refractivity contribution >= 4 is 5.97 Å². The molecule has 0 aromatic carbocycles. The van der Waals surface area contributed by atoms with E-state index in [9.17, 15) is 4.79 Å². The molecule has 0 saturated carbocycles. The molecule has 1 aromatic heterocycles. The largest absolute Gasteiger partial charge is 0.480 e. The normalized spacial score (nSPS) is 12.6. The summed E-state index contributed by atoms with van der Waals surface area (Å²) in [7, 11) is 0. The molecule has 5 heteroatoms. The number of hydrogen-bond donors (Lipinski definition) is 3. The molecule has 0 radical (unpaired) electrons. The summed E-state index contributed by atoms with van der Waals surface area (Å²) in [4.78, 5) is 17.6. The molecular weight excluding hydrogens is 182 g/mol. The molecule has 0 saturated heterocycles. The Kier molecular flexibility index (Phi) is 4.12. The molecule has 14 heavy (non-hydrogen) atoms. The smallest absolute Gasteiger partial charge is 0.321 e. The highest BCUT2D eigenvalue weighted by atomic mass is 16.4. The van der Waals surface area contributed by atoms with Crippen molar-refractivity contribution in [1.29, 1.82) is 0 Å². The summed E-state index contributed by atoms with van der Waals surface area (Å²) in [5.74, 6) is -0.832. The number of nitrogens with zero attached hydrogens (tertiary/aromatic N) is 1. The van der Waals surface area contributed by atoms with Crippen LogP contribution in [0.15, 0.2) is 12.5 Å². The van der Waals surface area contributed by atoms with E-state index in [4.69, 9.17) is 5.11 Å². The molecule has 1 heterocycles. The van der Waals surface area contributed by atoms with Gasteiger partial charge in [-0.2, -0.15) is 0 Å². The summed E-state index contributed by atoms with van der Waals surface area (Å²) in [6.07, 6.45) is 4.60. The molecule has 0 aliphatic heterocycles. The second kappa shape index (κ2) is 5.39. The van der Waals surface area contributed by atoms with Crippen molar-refractivity contribution in [3.8, 4) is 0 Å². The second-order valence-corrected chi connectivity index (χ2v) is 3.11. The van der Waals surface area contributed by atoms with Gasteiger partial charge in [0.25, 0.3) is 0 Å². The van der Waals surface area contributed by atoms with Gasteiger partial charge in [0.05, 0.1) is 12.0 Å². The minimum absolute atomic E-state index is 0.416. The zero-order valence-electron chi connectivity index (χ0n) is 8.16. The first-order valence-corrected chi connectivity index (χ1v) is 4.68. The number of carboxylic acid groups (broad SMARTS) is 1. The number of carbonyl (C=O) groups is 1. The van der Waals surface area contributed by atoms with Gasteiger partial charge in [-0.3, -0.25) is 4.79 Å². The van der Waals surface area contributed by atoms with Crippen molar-refractivity contribution in [2.75, 3.05) is 6.54 Å². The molecule has 0 fully saturated rings. The third-order valence-corrected chi connectivity index (χ3v) is 1.91. The monoisotopic (exact) mass is 197 g/mol. The Morgan fingerprint density at radius 3 is 3.07 bits per heavy atom. The fraction of sp³-hybridized carbons (Fsp3) is 0.556. The first kappa shape index (κ1) is 10.7. The highest BCUT2D eigenvalue weighted by Gasteiger charge is 2.17.